The van der Waals surface area contributed by atoms with Gasteiger partial charge in [0, 0.05) is 18.5 Å². The van der Waals surface area contributed by atoms with Gasteiger partial charge >= 0.3 is 5.97 Å². The minimum atomic E-state index is -1.05. The summed E-state index contributed by atoms with van der Waals surface area (Å²) in [5.74, 6) is -0.731. The van der Waals surface area contributed by atoms with Gasteiger partial charge in [0.1, 0.15) is 5.75 Å². The number of aliphatic carboxylic acids is 1. The van der Waals surface area contributed by atoms with E-state index in [2.05, 4.69) is 12.1 Å². The molecular weight excluding hydrogens is 358 g/mol. The number of likely N-dealkylation sites (tertiary alicyclic amines) is 1. The molecule has 2 fully saturated rings. The third-order valence-corrected chi connectivity index (χ3v) is 5.39. The summed E-state index contributed by atoms with van der Waals surface area (Å²) in [7, 11) is 0. The molecular formula is C22H23NO5. The molecule has 0 aromatic heterocycles. The Morgan fingerprint density at radius 2 is 1.96 bits per heavy atom. The van der Waals surface area contributed by atoms with Crippen molar-refractivity contribution in [1.29, 1.82) is 0 Å². The van der Waals surface area contributed by atoms with Crippen LogP contribution in [-0.2, 0) is 9.53 Å². The van der Waals surface area contributed by atoms with Crippen molar-refractivity contribution in [3.63, 3.8) is 0 Å². The van der Waals surface area contributed by atoms with Gasteiger partial charge in [-0.15, -0.1) is 0 Å². The van der Waals surface area contributed by atoms with Crippen LogP contribution < -0.4 is 4.74 Å². The number of hydrogen-bond acceptors (Lipinski definition) is 4. The Balaban J connectivity index is 1.50. The number of fused-ring (bicyclic) bond motifs is 1. The lowest BCUT2D eigenvalue weighted by atomic mass is 9.95. The molecule has 6 heteroatoms. The number of carbonyl (C=O) groups excluding carboxylic acids is 1. The number of nitrogens with zero attached hydrogens (tertiary/aromatic N) is 1. The Morgan fingerprint density at radius 1 is 1.14 bits per heavy atom. The molecule has 0 aliphatic carbocycles. The summed E-state index contributed by atoms with van der Waals surface area (Å²) in [5.41, 5.74) is 1.65. The van der Waals surface area contributed by atoms with Gasteiger partial charge in [0.25, 0.3) is 5.91 Å². The van der Waals surface area contributed by atoms with Crippen LogP contribution in [-0.4, -0.2) is 47.2 Å². The summed E-state index contributed by atoms with van der Waals surface area (Å²) in [6, 6.07) is 16.9. The second-order valence-electron chi connectivity index (χ2n) is 7.23. The number of piperidine rings is 1. The van der Waals surface area contributed by atoms with Crippen molar-refractivity contribution in [1.82, 2.24) is 4.90 Å². The van der Waals surface area contributed by atoms with E-state index in [0.717, 1.165) is 24.8 Å². The Labute approximate surface area is 163 Å². The van der Waals surface area contributed by atoms with Crippen molar-refractivity contribution in [2.75, 3.05) is 13.2 Å². The van der Waals surface area contributed by atoms with Gasteiger partial charge in [-0.1, -0.05) is 36.4 Å². The van der Waals surface area contributed by atoms with Crippen molar-refractivity contribution in [2.24, 2.45) is 0 Å². The molecule has 1 amide bonds. The molecule has 0 radical (unpaired) electrons. The number of benzene rings is 2. The molecule has 0 bridgehead atoms. The zero-order valence-corrected chi connectivity index (χ0v) is 15.5. The van der Waals surface area contributed by atoms with E-state index >= 15 is 0 Å². The maximum absolute atomic E-state index is 13.2. The highest BCUT2D eigenvalue weighted by molar-refractivity contribution is 5.95. The van der Waals surface area contributed by atoms with Crippen LogP contribution in [0.25, 0.3) is 0 Å². The van der Waals surface area contributed by atoms with Crippen LogP contribution in [0.3, 0.4) is 0 Å². The second kappa shape index (κ2) is 8.02. The van der Waals surface area contributed by atoms with E-state index in [-0.39, 0.29) is 24.2 Å². The molecule has 2 saturated heterocycles. The zero-order valence-electron chi connectivity index (χ0n) is 15.5. The first-order valence-corrected chi connectivity index (χ1v) is 9.58. The third kappa shape index (κ3) is 3.87. The number of ether oxygens (including phenoxy) is 2. The van der Waals surface area contributed by atoms with Crippen molar-refractivity contribution in [3.05, 3.63) is 65.7 Å². The maximum atomic E-state index is 13.2. The van der Waals surface area contributed by atoms with E-state index in [0.29, 0.717) is 17.9 Å². The van der Waals surface area contributed by atoms with Crippen LogP contribution in [0.2, 0.25) is 0 Å². The number of carbonyl (C=O) groups is 2. The highest BCUT2D eigenvalue weighted by Gasteiger charge is 2.43. The van der Waals surface area contributed by atoms with Gasteiger partial charge in [0.2, 0.25) is 0 Å². The van der Waals surface area contributed by atoms with Crippen molar-refractivity contribution in [2.45, 2.75) is 37.5 Å². The predicted octanol–water partition coefficient (Wildman–Crippen LogP) is 3.28. The van der Waals surface area contributed by atoms with E-state index in [1.807, 2.05) is 23.1 Å². The molecule has 2 aliphatic heterocycles. The van der Waals surface area contributed by atoms with Crippen LogP contribution in [0, 0.1) is 0 Å². The third-order valence-electron chi connectivity index (χ3n) is 5.39. The van der Waals surface area contributed by atoms with Crippen molar-refractivity contribution < 1.29 is 24.2 Å². The van der Waals surface area contributed by atoms with Gasteiger partial charge < -0.3 is 19.5 Å². The molecule has 4 rings (SSSR count). The fourth-order valence-corrected chi connectivity index (χ4v) is 4.11. The minimum Gasteiger partial charge on any atom is -0.482 e. The van der Waals surface area contributed by atoms with Gasteiger partial charge in [-0.25, -0.2) is 4.79 Å². The number of amides is 1. The summed E-state index contributed by atoms with van der Waals surface area (Å²) < 4.78 is 11.5. The number of carboxylic acid groups (broad SMARTS) is 1. The zero-order chi connectivity index (χ0) is 19.5. The topological polar surface area (TPSA) is 76.1 Å². The van der Waals surface area contributed by atoms with Gasteiger partial charge in [-0.2, -0.15) is 0 Å². The summed E-state index contributed by atoms with van der Waals surface area (Å²) in [4.78, 5) is 25.8. The molecule has 0 unspecified atom stereocenters. The van der Waals surface area contributed by atoms with Crippen molar-refractivity contribution in [3.8, 4) is 5.75 Å². The first-order valence-electron chi connectivity index (χ1n) is 9.58. The fraction of sp³-hybridized carbons (Fsp3) is 0.364. The van der Waals surface area contributed by atoms with Gasteiger partial charge in [-0.05, 0) is 36.6 Å². The molecule has 2 aromatic rings. The van der Waals surface area contributed by atoms with Crippen LogP contribution >= 0.6 is 0 Å². The quantitative estimate of drug-likeness (QED) is 0.860. The highest BCUT2D eigenvalue weighted by Crippen LogP contribution is 2.40. The SMILES string of the molecule is O=C(O)COc1cccc(C(=O)N2CCC[C@@H]3O[C@H](c4ccccc4)C[C@@H]32)c1. The van der Waals surface area contributed by atoms with Crippen LogP contribution in [0.15, 0.2) is 54.6 Å². The summed E-state index contributed by atoms with van der Waals surface area (Å²) in [5, 5.41) is 8.76. The molecule has 3 atom stereocenters. The number of hydrogen-bond donors (Lipinski definition) is 1. The standard InChI is InChI=1S/C22H23NO5/c24-21(25)14-27-17-9-4-8-16(12-17)22(26)23-11-5-10-19-18(23)13-20(28-19)15-6-2-1-3-7-15/h1-4,6-9,12,18-20H,5,10-11,13-14H2,(H,24,25)/t18-,19-,20-/m0/s1. The van der Waals surface area contributed by atoms with Crippen LogP contribution in [0.5, 0.6) is 5.75 Å². The average molecular weight is 381 g/mol. The summed E-state index contributed by atoms with van der Waals surface area (Å²) in [6.45, 7) is 0.268. The molecule has 0 spiro atoms. The van der Waals surface area contributed by atoms with Gasteiger partial charge in [0.15, 0.2) is 6.61 Å². The predicted molar refractivity (Wildman–Crippen MR) is 102 cm³/mol. The first-order chi connectivity index (χ1) is 13.6. The molecule has 2 aromatic carbocycles. The lowest BCUT2D eigenvalue weighted by Crippen LogP contribution is -2.48. The van der Waals surface area contributed by atoms with E-state index in [9.17, 15) is 9.59 Å². The van der Waals surface area contributed by atoms with Crippen LogP contribution in [0.1, 0.15) is 41.3 Å². The molecule has 0 saturated carbocycles. The molecule has 2 aliphatic rings. The lowest BCUT2D eigenvalue weighted by molar-refractivity contribution is -0.139. The fourth-order valence-electron chi connectivity index (χ4n) is 4.11. The smallest absolute Gasteiger partial charge is 0.341 e. The van der Waals surface area contributed by atoms with E-state index in [1.165, 1.54) is 0 Å². The monoisotopic (exact) mass is 381 g/mol. The van der Waals surface area contributed by atoms with Crippen LogP contribution in [0.4, 0.5) is 0 Å². The number of carboxylic acids is 1. The molecule has 146 valence electrons. The minimum absolute atomic E-state index is 0.00911. The normalized spacial score (nSPS) is 23.9. The Hall–Kier alpha value is -2.86. The van der Waals surface area contributed by atoms with Crippen molar-refractivity contribution >= 4 is 11.9 Å². The Morgan fingerprint density at radius 3 is 2.75 bits per heavy atom. The van der Waals surface area contributed by atoms with E-state index in [1.54, 1.807) is 24.3 Å². The molecule has 1 N–H and O–H groups in total. The number of rotatable bonds is 5. The molecule has 2 heterocycles. The van der Waals surface area contributed by atoms with E-state index in [4.69, 9.17) is 14.6 Å². The summed E-state index contributed by atoms with van der Waals surface area (Å²) in [6.07, 6.45) is 2.71. The largest absolute Gasteiger partial charge is 0.482 e. The van der Waals surface area contributed by atoms with E-state index < -0.39 is 12.6 Å². The molecule has 28 heavy (non-hydrogen) atoms. The highest BCUT2D eigenvalue weighted by atomic mass is 16.5. The Kier molecular flexibility index (Phi) is 5.30. The second-order valence-corrected chi connectivity index (χ2v) is 7.23. The Bertz CT molecular complexity index is 853. The maximum Gasteiger partial charge on any atom is 0.341 e. The van der Waals surface area contributed by atoms with Gasteiger partial charge in [-0.3, -0.25) is 4.79 Å². The average Bonchev–Trinajstić information content (AvgIpc) is 3.17. The first kappa shape index (κ1) is 18.5. The lowest BCUT2D eigenvalue weighted by Gasteiger charge is -2.36. The summed E-state index contributed by atoms with van der Waals surface area (Å²) >= 11 is 0. The van der Waals surface area contributed by atoms with Gasteiger partial charge in [0.05, 0.1) is 18.2 Å². The molecule has 6 nitrogen and oxygen atoms in total.